The normalized spacial score (nSPS) is 17.4. The first-order chi connectivity index (χ1) is 9.86. The van der Waals surface area contributed by atoms with E-state index in [1.165, 1.54) is 15.4 Å². The second-order valence-electron chi connectivity index (χ2n) is 5.29. The van der Waals surface area contributed by atoms with Gasteiger partial charge >= 0.3 is 0 Å². The maximum atomic E-state index is 12.2. The molecule has 21 heavy (non-hydrogen) atoms. The van der Waals surface area contributed by atoms with Gasteiger partial charge in [0.05, 0.1) is 12.8 Å². The van der Waals surface area contributed by atoms with Crippen LogP contribution in [0.15, 0.2) is 17.5 Å². The third kappa shape index (κ3) is 4.77. The van der Waals surface area contributed by atoms with E-state index in [0.717, 1.165) is 6.54 Å². The minimum atomic E-state index is -3.15. The van der Waals surface area contributed by atoms with Gasteiger partial charge in [-0.15, -0.1) is 11.3 Å². The quantitative estimate of drug-likeness (QED) is 0.778. The SMILES string of the molecule is CN(CC(=O)N1CCN(S(C)(=O)=O)CC1)Cc1cccs1. The molecule has 1 fully saturated rings. The summed E-state index contributed by atoms with van der Waals surface area (Å²) in [4.78, 5) is 17.2. The molecule has 1 amide bonds. The number of amides is 1. The molecular formula is C13H21N3O3S2. The van der Waals surface area contributed by atoms with Gasteiger partial charge in [0.1, 0.15) is 0 Å². The van der Waals surface area contributed by atoms with E-state index in [1.807, 2.05) is 23.4 Å². The minimum absolute atomic E-state index is 0.0576. The van der Waals surface area contributed by atoms with Crippen molar-refractivity contribution in [1.82, 2.24) is 14.1 Å². The van der Waals surface area contributed by atoms with E-state index >= 15 is 0 Å². The Morgan fingerprint density at radius 1 is 1.33 bits per heavy atom. The van der Waals surface area contributed by atoms with Crippen molar-refractivity contribution in [2.24, 2.45) is 0 Å². The zero-order valence-electron chi connectivity index (χ0n) is 12.4. The third-order valence-electron chi connectivity index (χ3n) is 3.47. The van der Waals surface area contributed by atoms with Crippen molar-refractivity contribution in [1.29, 1.82) is 0 Å². The Bertz CT molecular complexity index is 563. The zero-order chi connectivity index (χ0) is 15.5. The number of sulfonamides is 1. The number of piperazine rings is 1. The molecule has 0 N–H and O–H groups in total. The number of rotatable bonds is 5. The Balaban J connectivity index is 1.79. The van der Waals surface area contributed by atoms with E-state index in [4.69, 9.17) is 0 Å². The van der Waals surface area contributed by atoms with Gasteiger partial charge in [0.15, 0.2) is 0 Å². The maximum Gasteiger partial charge on any atom is 0.236 e. The molecule has 0 unspecified atom stereocenters. The second kappa shape index (κ2) is 6.87. The van der Waals surface area contributed by atoms with Crippen LogP contribution in [0, 0.1) is 0 Å². The molecule has 0 atom stereocenters. The van der Waals surface area contributed by atoms with Gasteiger partial charge in [0, 0.05) is 37.6 Å². The van der Waals surface area contributed by atoms with E-state index in [1.54, 1.807) is 16.2 Å². The fourth-order valence-electron chi connectivity index (χ4n) is 2.32. The standard InChI is InChI=1S/C13H21N3O3S2/c1-14(10-12-4-3-9-20-12)11-13(17)15-5-7-16(8-6-15)21(2,18)19/h3-4,9H,5-8,10-11H2,1-2H3. The number of hydrogen-bond donors (Lipinski definition) is 0. The summed E-state index contributed by atoms with van der Waals surface area (Å²) in [5.41, 5.74) is 0. The van der Waals surface area contributed by atoms with E-state index in [9.17, 15) is 13.2 Å². The van der Waals surface area contributed by atoms with Crippen LogP contribution in [-0.4, -0.2) is 74.5 Å². The molecule has 0 aromatic carbocycles. The van der Waals surface area contributed by atoms with Crippen molar-refractivity contribution in [3.63, 3.8) is 0 Å². The van der Waals surface area contributed by atoms with E-state index < -0.39 is 10.0 Å². The number of carbonyl (C=O) groups excluding carboxylic acids is 1. The second-order valence-corrected chi connectivity index (χ2v) is 8.31. The summed E-state index contributed by atoms with van der Waals surface area (Å²) in [7, 11) is -1.23. The van der Waals surface area contributed by atoms with Gasteiger partial charge in [-0.2, -0.15) is 4.31 Å². The van der Waals surface area contributed by atoms with Crippen LogP contribution in [0.5, 0.6) is 0 Å². The van der Waals surface area contributed by atoms with Crippen molar-refractivity contribution in [3.8, 4) is 0 Å². The molecule has 0 saturated carbocycles. The first kappa shape index (κ1) is 16.4. The van der Waals surface area contributed by atoms with Crippen molar-refractivity contribution in [2.45, 2.75) is 6.54 Å². The van der Waals surface area contributed by atoms with Crippen LogP contribution >= 0.6 is 11.3 Å². The monoisotopic (exact) mass is 331 g/mol. The molecule has 118 valence electrons. The van der Waals surface area contributed by atoms with Crippen LogP contribution < -0.4 is 0 Å². The topological polar surface area (TPSA) is 60.9 Å². The molecule has 0 bridgehead atoms. The lowest BCUT2D eigenvalue weighted by atomic mass is 10.3. The Morgan fingerprint density at radius 2 is 2.00 bits per heavy atom. The van der Waals surface area contributed by atoms with Gasteiger partial charge in [-0.25, -0.2) is 8.42 Å². The summed E-state index contributed by atoms with van der Waals surface area (Å²) >= 11 is 1.68. The first-order valence-corrected chi connectivity index (χ1v) is 9.53. The molecule has 1 aromatic heterocycles. The van der Waals surface area contributed by atoms with Gasteiger partial charge in [0.2, 0.25) is 15.9 Å². The Morgan fingerprint density at radius 3 is 2.52 bits per heavy atom. The largest absolute Gasteiger partial charge is 0.339 e. The number of nitrogens with zero attached hydrogens (tertiary/aromatic N) is 3. The molecule has 0 aliphatic carbocycles. The molecule has 1 saturated heterocycles. The fourth-order valence-corrected chi connectivity index (χ4v) is 3.94. The number of hydrogen-bond acceptors (Lipinski definition) is 5. The molecule has 8 heteroatoms. The van der Waals surface area contributed by atoms with Crippen LogP contribution in [0.3, 0.4) is 0 Å². The Kier molecular flexibility index (Phi) is 5.37. The first-order valence-electron chi connectivity index (χ1n) is 6.80. The third-order valence-corrected chi connectivity index (χ3v) is 5.64. The predicted octanol–water partition coefficient (Wildman–Crippen LogP) is 0.284. The molecule has 2 rings (SSSR count). The van der Waals surface area contributed by atoms with Gasteiger partial charge in [-0.3, -0.25) is 9.69 Å². The molecule has 1 aliphatic heterocycles. The average molecular weight is 331 g/mol. The highest BCUT2D eigenvalue weighted by Crippen LogP contribution is 2.11. The van der Waals surface area contributed by atoms with Crippen LogP contribution in [-0.2, 0) is 21.4 Å². The summed E-state index contributed by atoms with van der Waals surface area (Å²) in [6.45, 7) is 2.83. The maximum absolute atomic E-state index is 12.2. The summed E-state index contributed by atoms with van der Waals surface area (Å²) in [6, 6.07) is 4.05. The van der Waals surface area contributed by atoms with Crippen molar-refractivity contribution in [3.05, 3.63) is 22.4 Å². The predicted molar refractivity (Wildman–Crippen MR) is 83.6 cm³/mol. The molecule has 1 aliphatic rings. The van der Waals surface area contributed by atoms with Gasteiger partial charge in [-0.1, -0.05) is 6.07 Å². The van der Waals surface area contributed by atoms with E-state index in [2.05, 4.69) is 6.07 Å². The molecule has 1 aromatic rings. The number of thiophene rings is 1. The molecule has 0 radical (unpaired) electrons. The van der Waals surface area contributed by atoms with E-state index in [0.29, 0.717) is 32.7 Å². The molecule has 0 spiro atoms. The van der Waals surface area contributed by atoms with Gasteiger partial charge in [-0.05, 0) is 18.5 Å². The van der Waals surface area contributed by atoms with Crippen LogP contribution in [0.2, 0.25) is 0 Å². The summed E-state index contributed by atoms with van der Waals surface area (Å²) in [5.74, 6) is 0.0576. The Labute approximate surface area is 130 Å². The lowest BCUT2D eigenvalue weighted by Gasteiger charge is -2.34. The highest BCUT2D eigenvalue weighted by Gasteiger charge is 2.26. The average Bonchev–Trinajstić information content (AvgIpc) is 2.90. The smallest absolute Gasteiger partial charge is 0.236 e. The van der Waals surface area contributed by atoms with Crippen molar-refractivity contribution >= 4 is 27.3 Å². The van der Waals surface area contributed by atoms with Crippen LogP contribution in [0.1, 0.15) is 4.88 Å². The van der Waals surface area contributed by atoms with Gasteiger partial charge < -0.3 is 4.90 Å². The minimum Gasteiger partial charge on any atom is -0.339 e. The molecular weight excluding hydrogens is 310 g/mol. The highest BCUT2D eigenvalue weighted by atomic mass is 32.2. The summed E-state index contributed by atoms with van der Waals surface area (Å²) in [5, 5.41) is 2.02. The molecule has 6 nitrogen and oxygen atoms in total. The Hall–Kier alpha value is -0.960. The fraction of sp³-hybridized carbons (Fsp3) is 0.615. The molecule has 2 heterocycles. The van der Waals surface area contributed by atoms with E-state index in [-0.39, 0.29) is 5.91 Å². The lowest BCUT2D eigenvalue weighted by molar-refractivity contribution is -0.133. The summed E-state index contributed by atoms with van der Waals surface area (Å²) < 4.78 is 24.3. The summed E-state index contributed by atoms with van der Waals surface area (Å²) in [6.07, 6.45) is 1.21. The van der Waals surface area contributed by atoms with Crippen molar-refractivity contribution < 1.29 is 13.2 Å². The number of likely N-dealkylation sites (N-methyl/N-ethyl adjacent to an activating group) is 1. The highest BCUT2D eigenvalue weighted by molar-refractivity contribution is 7.88. The van der Waals surface area contributed by atoms with Crippen LogP contribution in [0.4, 0.5) is 0 Å². The number of carbonyl (C=O) groups is 1. The zero-order valence-corrected chi connectivity index (χ0v) is 14.0. The van der Waals surface area contributed by atoms with Crippen molar-refractivity contribution in [2.75, 3.05) is 46.0 Å². The van der Waals surface area contributed by atoms with Crippen LogP contribution in [0.25, 0.3) is 0 Å². The van der Waals surface area contributed by atoms with Gasteiger partial charge in [0.25, 0.3) is 0 Å². The lowest BCUT2D eigenvalue weighted by Crippen LogP contribution is -2.52.